The van der Waals surface area contributed by atoms with Gasteiger partial charge in [-0.1, -0.05) is 42.5 Å². The minimum Gasteiger partial charge on any atom is -0.248 e. The molecule has 0 spiro atoms. The molecule has 2 aromatic carbocycles. The van der Waals surface area contributed by atoms with Crippen LogP contribution in [0.25, 0.3) is 27.8 Å². The lowest BCUT2D eigenvalue weighted by atomic mass is 10.1. The summed E-state index contributed by atoms with van der Waals surface area (Å²) in [5.41, 5.74) is 6.54. The van der Waals surface area contributed by atoms with Crippen molar-refractivity contribution in [3.63, 3.8) is 0 Å². The molecule has 0 bridgehead atoms. The Balaban J connectivity index is 1.80. The second-order valence-corrected chi connectivity index (χ2v) is 5.80. The standard InChI is InChI=1S/C20H17N3/c1-14-6-5-7-15(2)20(14)23-13-17(12-21-23)19-11-10-16-8-3-4-9-18(16)22-19/h3-13H,1-2H3. The van der Waals surface area contributed by atoms with E-state index < -0.39 is 0 Å². The van der Waals surface area contributed by atoms with Gasteiger partial charge in [0.25, 0.3) is 0 Å². The van der Waals surface area contributed by atoms with Crippen molar-refractivity contribution >= 4 is 10.9 Å². The number of rotatable bonds is 2. The average Bonchev–Trinajstić information content (AvgIpc) is 3.04. The highest BCUT2D eigenvalue weighted by Gasteiger charge is 2.09. The SMILES string of the molecule is Cc1cccc(C)c1-n1cc(-c2ccc3ccccc3n2)cn1. The van der Waals surface area contributed by atoms with Crippen LogP contribution in [-0.4, -0.2) is 14.8 Å². The van der Waals surface area contributed by atoms with Gasteiger partial charge in [0.15, 0.2) is 0 Å². The zero-order valence-corrected chi connectivity index (χ0v) is 13.2. The number of aryl methyl sites for hydroxylation is 2. The molecular formula is C20H17N3. The molecule has 0 amide bonds. The van der Waals surface area contributed by atoms with Crippen LogP contribution in [0.5, 0.6) is 0 Å². The second-order valence-electron chi connectivity index (χ2n) is 5.80. The van der Waals surface area contributed by atoms with Gasteiger partial charge in [-0.3, -0.25) is 0 Å². The number of hydrogen-bond donors (Lipinski definition) is 0. The van der Waals surface area contributed by atoms with E-state index in [1.165, 1.54) is 11.1 Å². The van der Waals surface area contributed by atoms with Crippen molar-refractivity contribution in [1.29, 1.82) is 0 Å². The van der Waals surface area contributed by atoms with Gasteiger partial charge < -0.3 is 0 Å². The molecule has 2 aromatic heterocycles. The van der Waals surface area contributed by atoms with E-state index in [1.807, 2.05) is 41.3 Å². The molecule has 3 nitrogen and oxygen atoms in total. The molecule has 0 atom stereocenters. The van der Waals surface area contributed by atoms with Gasteiger partial charge in [-0.25, -0.2) is 9.67 Å². The molecule has 2 heterocycles. The van der Waals surface area contributed by atoms with Gasteiger partial charge in [-0.2, -0.15) is 5.10 Å². The molecule has 23 heavy (non-hydrogen) atoms. The van der Waals surface area contributed by atoms with Crippen molar-refractivity contribution in [2.75, 3.05) is 0 Å². The fraction of sp³-hybridized carbons (Fsp3) is 0.100. The quantitative estimate of drug-likeness (QED) is 0.537. The highest BCUT2D eigenvalue weighted by molar-refractivity contribution is 5.81. The van der Waals surface area contributed by atoms with E-state index in [-0.39, 0.29) is 0 Å². The number of benzene rings is 2. The van der Waals surface area contributed by atoms with Crippen LogP contribution >= 0.6 is 0 Å². The minimum absolute atomic E-state index is 0.946. The summed E-state index contributed by atoms with van der Waals surface area (Å²) >= 11 is 0. The van der Waals surface area contributed by atoms with Crippen molar-refractivity contribution in [2.45, 2.75) is 13.8 Å². The molecule has 0 saturated carbocycles. The maximum Gasteiger partial charge on any atom is 0.0741 e. The zero-order chi connectivity index (χ0) is 15.8. The van der Waals surface area contributed by atoms with E-state index >= 15 is 0 Å². The Bertz CT molecular complexity index is 978. The molecule has 0 fully saturated rings. The summed E-state index contributed by atoms with van der Waals surface area (Å²) in [6, 6.07) is 18.6. The van der Waals surface area contributed by atoms with E-state index in [0.29, 0.717) is 0 Å². The van der Waals surface area contributed by atoms with Gasteiger partial charge in [-0.15, -0.1) is 0 Å². The van der Waals surface area contributed by atoms with Crippen molar-refractivity contribution in [3.8, 4) is 16.9 Å². The van der Waals surface area contributed by atoms with Crippen molar-refractivity contribution in [2.24, 2.45) is 0 Å². The normalized spacial score (nSPS) is 11.0. The first-order valence-corrected chi connectivity index (χ1v) is 7.70. The van der Waals surface area contributed by atoms with Gasteiger partial charge >= 0.3 is 0 Å². The molecule has 0 aliphatic carbocycles. The minimum atomic E-state index is 0.946. The van der Waals surface area contributed by atoms with Crippen LogP contribution in [-0.2, 0) is 0 Å². The zero-order valence-electron chi connectivity index (χ0n) is 13.2. The maximum absolute atomic E-state index is 4.74. The molecule has 0 radical (unpaired) electrons. The van der Waals surface area contributed by atoms with Crippen LogP contribution in [0.2, 0.25) is 0 Å². The first-order valence-electron chi connectivity index (χ1n) is 7.70. The Morgan fingerprint density at radius 1 is 0.826 bits per heavy atom. The Kier molecular flexibility index (Phi) is 3.19. The van der Waals surface area contributed by atoms with Gasteiger partial charge in [0, 0.05) is 17.1 Å². The van der Waals surface area contributed by atoms with Crippen LogP contribution < -0.4 is 0 Å². The molecule has 112 valence electrons. The molecule has 0 aliphatic heterocycles. The van der Waals surface area contributed by atoms with Gasteiger partial charge in [0.2, 0.25) is 0 Å². The summed E-state index contributed by atoms with van der Waals surface area (Å²) in [7, 11) is 0. The lowest BCUT2D eigenvalue weighted by Crippen LogP contribution is -1.99. The largest absolute Gasteiger partial charge is 0.248 e. The molecule has 3 heteroatoms. The number of hydrogen-bond acceptors (Lipinski definition) is 2. The van der Waals surface area contributed by atoms with Gasteiger partial charge in [0.1, 0.15) is 0 Å². The third kappa shape index (κ3) is 2.40. The Hall–Kier alpha value is -2.94. The van der Waals surface area contributed by atoms with Gasteiger partial charge in [-0.05, 0) is 37.1 Å². The summed E-state index contributed by atoms with van der Waals surface area (Å²) < 4.78 is 1.94. The molecule has 0 N–H and O–H groups in total. The Morgan fingerprint density at radius 2 is 1.61 bits per heavy atom. The first kappa shape index (κ1) is 13.7. The van der Waals surface area contributed by atoms with Crippen molar-refractivity contribution in [3.05, 3.63) is 78.1 Å². The van der Waals surface area contributed by atoms with Crippen molar-refractivity contribution in [1.82, 2.24) is 14.8 Å². The number of para-hydroxylation sites is 2. The highest BCUT2D eigenvalue weighted by Crippen LogP contribution is 2.24. The highest BCUT2D eigenvalue weighted by atomic mass is 15.3. The molecule has 0 aliphatic rings. The lowest BCUT2D eigenvalue weighted by molar-refractivity contribution is 0.865. The van der Waals surface area contributed by atoms with Gasteiger partial charge in [0.05, 0.1) is 23.1 Å². The van der Waals surface area contributed by atoms with Crippen LogP contribution in [0, 0.1) is 13.8 Å². The molecular weight excluding hydrogens is 282 g/mol. The Morgan fingerprint density at radius 3 is 2.43 bits per heavy atom. The van der Waals surface area contributed by atoms with E-state index in [0.717, 1.165) is 27.8 Å². The van der Waals surface area contributed by atoms with Crippen molar-refractivity contribution < 1.29 is 0 Å². The Labute approximate surface area is 135 Å². The first-order chi connectivity index (χ1) is 11.2. The molecule has 4 aromatic rings. The summed E-state index contributed by atoms with van der Waals surface area (Å²) in [5.74, 6) is 0. The fourth-order valence-corrected chi connectivity index (χ4v) is 2.97. The number of aromatic nitrogens is 3. The van der Waals surface area contributed by atoms with E-state index in [4.69, 9.17) is 4.98 Å². The predicted octanol–water partition coefficient (Wildman–Crippen LogP) is 4.70. The third-order valence-electron chi connectivity index (χ3n) is 4.15. The van der Waals surface area contributed by atoms with E-state index in [9.17, 15) is 0 Å². The van der Waals surface area contributed by atoms with Crippen LogP contribution in [0.1, 0.15) is 11.1 Å². The summed E-state index contributed by atoms with van der Waals surface area (Å²) in [4.78, 5) is 4.74. The third-order valence-corrected chi connectivity index (χ3v) is 4.15. The van der Waals surface area contributed by atoms with E-state index in [1.54, 1.807) is 0 Å². The predicted molar refractivity (Wildman–Crippen MR) is 93.8 cm³/mol. The number of nitrogens with zero attached hydrogens (tertiary/aromatic N) is 3. The summed E-state index contributed by atoms with van der Waals surface area (Å²) in [6.45, 7) is 4.22. The lowest BCUT2D eigenvalue weighted by Gasteiger charge is -2.09. The summed E-state index contributed by atoms with van der Waals surface area (Å²) in [5, 5.41) is 5.69. The molecule has 0 saturated heterocycles. The molecule has 0 unspecified atom stereocenters. The van der Waals surface area contributed by atoms with Crippen LogP contribution in [0.4, 0.5) is 0 Å². The maximum atomic E-state index is 4.74. The van der Waals surface area contributed by atoms with Crippen LogP contribution in [0.15, 0.2) is 67.0 Å². The molecule has 4 rings (SSSR count). The smallest absolute Gasteiger partial charge is 0.0741 e. The van der Waals surface area contributed by atoms with E-state index in [2.05, 4.69) is 49.3 Å². The number of fused-ring (bicyclic) bond motifs is 1. The van der Waals surface area contributed by atoms with Crippen LogP contribution in [0.3, 0.4) is 0 Å². The summed E-state index contributed by atoms with van der Waals surface area (Å²) in [6.07, 6.45) is 3.93. The number of pyridine rings is 1. The average molecular weight is 299 g/mol. The fourth-order valence-electron chi connectivity index (χ4n) is 2.97. The topological polar surface area (TPSA) is 30.7 Å². The monoisotopic (exact) mass is 299 g/mol. The second kappa shape index (κ2) is 5.36.